The summed E-state index contributed by atoms with van der Waals surface area (Å²) in [6.45, 7) is 11.1. The molecule has 0 unspecified atom stereocenters. The number of piperidine rings is 1. The summed E-state index contributed by atoms with van der Waals surface area (Å²) in [5.74, 6) is -0.0721. The van der Waals surface area contributed by atoms with Crippen LogP contribution in [0.15, 0.2) is 23.1 Å². The van der Waals surface area contributed by atoms with E-state index in [0.29, 0.717) is 43.6 Å². The molecule has 1 aromatic carbocycles. The van der Waals surface area contributed by atoms with Gasteiger partial charge in [-0.05, 0) is 42.9 Å². The van der Waals surface area contributed by atoms with Crippen molar-refractivity contribution in [2.24, 2.45) is 11.8 Å². The van der Waals surface area contributed by atoms with Gasteiger partial charge in [-0.25, -0.2) is 13.2 Å². The molecule has 7 nitrogen and oxygen atoms in total. The van der Waals surface area contributed by atoms with Crippen molar-refractivity contribution in [2.75, 3.05) is 32.8 Å². The van der Waals surface area contributed by atoms with Crippen LogP contribution in [0, 0.1) is 18.8 Å². The number of ether oxygens (including phenoxy) is 1. The molecular weight excluding hydrogens is 392 g/mol. The first-order valence-corrected chi connectivity index (χ1v) is 11.6. The number of carbonyl (C=O) groups is 2. The number of aryl methyl sites for hydroxylation is 1. The summed E-state index contributed by atoms with van der Waals surface area (Å²) in [7, 11) is -3.68. The molecule has 1 heterocycles. The Morgan fingerprint density at radius 1 is 1.14 bits per heavy atom. The summed E-state index contributed by atoms with van der Waals surface area (Å²) in [5.41, 5.74) is 0.757. The van der Waals surface area contributed by atoms with E-state index in [1.54, 1.807) is 31.7 Å². The SMILES string of the molecule is CCN(CC)S(=O)(=O)c1ccc(C)c(C(=O)OCC(=O)N2C[C@H](C)C[C@@H](C)C2)c1. The first kappa shape index (κ1) is 23.3. The van der Waals surface area contributed by atoms with Crippen LogP contribution in [0.2, 0.25) is 0 Å². The minimum absolute atomic E-state index is 0.0451. The number of hydrogen-bond acceptors (Lipinski definition) is 5. The maximum atomic E-state index is 12.7. The van der Waals surface area contributed by atoms with E-state index in [1.165, 1.54) is 16.4 Å². The van der Waals surface area contributed by atoms with Gasteiger partial charge in [-0.2, -0.15) is 4.31 Å². The number of amides is 1. The molecule has 0 radical (unpaired) electrons. The van der Waals surface area contributed by atoms with Crippen LogP contribution in [0.1, 0.15) is 50.0 Å². The van der Waals surface area contributed by atoms with E-state index in [2.05, 4.69) is 13.8 Å². The maximum absolute atomic E-state index is 12.7. The normalized spacial score (nSPS) is 20.0. The lowest BCUT2D eigenvalue weighted by molar-refractivity contribution is -0.137. The Hall–Kier alpha value is -1.93. The van der Waals surface area contributed by atoms with Crippen molar-refractivity contribution in [2.45, 2.75) is 45.9 Å². The van der Waals surface area contributed by atoms with Crippen LogP contribution in [0.4, 0.5) is 0 Å². The van der Waals surface area contributed by atoms with Crippen molar-refractivity contribution in [3.8, 4) is 0 Å². The lowest BCUT2D eigenvalue weighted by Gasteiger charge is -2.34. The van der Waals surface area contributed by atoms with E-state index in [9.17, 15) is 18.0 Å². The van der Waals surface area contributed by atoms with Crippen molar-refractivity contribution < 1.29 is 22.7 Å². The van der Waals surface area contributed by atoms with Gasteiger partial charge in [-0.3, -0.25) is 4.79 Å². The average molecular weight is 425 g/mol. The number of carbonyl (C=O) groups excluding carboxylic acids is 2. The van der Waals surface area contributed by atoms with Crippen LogP contribution in [0.25, 0.3) is 0 Å². The second-order valence-electron chi connectivity index (χ2n) is 7.89. The Bertz CT molecular complexity index is 839. The van der Waals surface area contributed by atoms with Crippen molar-refractivity contribution in [1.82, 2.24) is 9.21 Å². The van der Waals surface area contributed by atoms with Crippen LogP contribution in [0.5, 0.6) is 0 Å². The van der Waals surface area contributed by atoms with Crippen LogP contribution in [-0.2, 0) is 19.6 Å². The molecule has 0 saturated carbocycles. The summed E-state index contributed by atoms with van der Waals surface area (Å²) < 4.78 is 32.0. The first-order chi connectivity index (χ1) is 13.6. The summed E-state index contributed by atoms with van der Waals surface area (Å²) in [6.07, 6.45) is 1.08. The molecule has 1 fully saturated rings. The molecule has 1 aromatic rings. The highest BCUT2D eigenvalue weighted by atomic mass is 32.2. The fourth-order valence-electron chi connectivity index (χ4n) is 3.86. The van der Waals surface area contributed by atoms with E-state index in [1.807, 2.05) is 0 Å². The van der Waals surface area contributed by atoms with Crippen LogP contribution in [0.3, 0.4) is 0 Å². The monoisotopic (exact) mass is 424 g/mol. The summed E-state index contributed by atoms with van der Waals surface area (Å²) in [4.78, 5) is 26.8. The van der Waals surface area contributed by atoms with E-state index in [4.69, 9.17) is 4.74 Å². The number of benzene rings is 1. The Morgan fingerprint density at radius 2 is 1.72 bits per heavy atom. The Labute approximate surface area is 174 Å². The van der Waals surface area contributed by atoms with Crippen molar-refractivity contribution in [1.29, 1.82) is 0 Å². The number of likely N-dealkylation sites (tertiary alicyclic amines) is 1. The van der Waals surface area contributed by atoms with E-state index < -0.39 is 16.0 Å². The second-order valence-corrected chi connectivity index (χ2v) is 9.82. The van der Waals surface area contributed by atoms with E-state index in [0.717, 1.165) is 6.42 Å². The van der Waals surface area contributed by atoms with Gasteiger partial charge < -0.3 is 9.64 Å². The molecule has 0 aromatic heterocycles. The summed E-state index contributed by atoms with van der Waals surface area (Å²) in [5, 5.41) is 0. The number of nitrogens with zero attached hydrogens (tertiary/aromatic N) is 2. The topological polar surface area (TPSA) is 84.0 Å². The molecular formula is C21H32N2O5S. The minimum Gasteiger partial charge on any atom is -0.452 e. The van der Waals surface area contributed by atoms with Crippen molar-refractivity contribution in [3.05, 3.63) is 29.3 Å². The summed E-state index contributed by atoms with van der Waals surface area (Å²) in [6, 6.07) is 4.41. The zero-order valence-corrected chi connectivity index (χ0v) is 18.8. The number of sulfonamides is 1. The lowest BCUT2D eigenvalue weighted by Crippen LogP contribution is -2.44. The molecule has 0 bridgehead atoms. The smallest absolute Gasteiger partial charge is 0.338 e. The number of hydrogen-bond donors (Lipinski definition) is 0. The standard InChI is InChI=1S/C21H32N2O5S/c1-6-23(7-2)29(26,27)18-9-8-17(5)19(11-18)21(25)28-14-20(24)22-12-15(3)10-16(4)13-22/h8-9,11,15-16H,6-7,10,12-14H2,1-5H3/t15-,16-/m1/s1. The number of rotatable bonds is 7. The zero-order valence-electron chi connectivity index (χ0n) is 18.0. The zero-order chi connectivity index (χ0) is 21.8. The second kappa shape index (κ2) is 9.71. The van der Waals surface area contributed by atoms with Crippen LogP contribution >= 0.6 is 0 Å². The molecule has 8 heteroatoms. The minimum atomic E-state index is -3.68. The molecule has 0 aliphatic carbocycles. The average Bonchev–Trinajstić information content (AvgIpc) is 2.66. The molecule has 1 saturated heterocycles. The predicted octanol–water partition coefficient (Wildman–Crippen LogP) is 2.69. The fourth-order valence-corrected chi connectivity index (χ4v) is 5.34. The van der Waals surface area contributed by atoms with Gasteiger partial charge in [0.2, 0.25) is 10.0 Å². The Balaban J connectivity index is 2.12. The highest BCUT2D eigenvalue weighted by Gasteiger charge is 2.27. The lowest BCUT2D eigenvalue weighted by atomic mass is 9.92. The highest BCUT2D eigenvalue weighted by molar-refractivity contribution is 7.89. The third kappa shape index (κ3) is 5.57. The number of esters is 1. The quantitative estimate of drug-likeness (QED) is 0.629. The highest BCUT2D eigenvalue weighted by Crippen LogP contribution is 2.22. The molecule has 0 N–H and O–H groups in total. The van der Waals surface area contributed by atoms with Gasteiger partial charge in [-0.1, -0.05) is 33.8 Å². The van der Waals surface area contributed by atoms with Gasteiger partial charge in [0.05, 0.1) is 10.5 Å². The van der Waals surface area contributed by atoms with Crippen molar-refractivity contribution in [3.63, 3.8) is 0 Å². The Morgan fingerprint density at radius 3 is 2.28 bits per heavy atom. The molecule has 1 amide bonds. The maximum Gasteiger partial charge on any atom is 0.338 e. The van der Waals surface area contributed by atoms with Gasteiger partial charge in [0.25, 0.3) is 5.91 Å². The van der Waals surface area contributed by atoms with E-state index >= 15 is 0 Å². The van der Waals surface area contributed by atoms with Gasteiger partial charge >= 0.3 is 5.97 Å². The van der Waals surface area contributed by atoms with Crippen molar-refractivity contribution >= 4 is 21.9 Å². The summed E-state index contributed by atoms with van der Waals surface area (Å²) >= 11 is 0. The molecule has 2 rings (SSSR count). The van der Waals surface area contributed by atoms with Gasteiger partial charge in [-0.15, -0.1) is 0 Å². The molecule has 2 atom stereocenters. The Kier molecular flexibility index (Phi) is 7.82. The first-order valence-electron chi connectivity index (χ1n) is 10.2. The fraction of sp³-hybridized carbons (Fsp3) is 0.619. The van der Waals surface area contributed by atoms with E-state index in [-0.39, 0.29) is 23.0 Å². The third-order valence-corrected chi connectivity index (χ3v) is 7.37. The van der Waals surface area contributed by atoms with Gasteiger partial charge in [0.1, 0.15) is 0 Å². The molecule has 1 aliphatic rings. The largest absolute Gasteiger partial charge is 0.452 e. The van der Waals surface area contributed by atoms with Gasteiger partial charge in [0, 0.05) is 26.2 Å². The van der Waals surface area contributed by atoms with Gasteiger partial charge in [0.15, 0.2) is 6.61 Å². The van der Waals surface area contributed by atoms with Crippen LogP contribution < -0.4 is 0 Å². The van der Waals surface area contributed by atoms with Crippen LogP contribution in [-0.4, -0.2) is 62.3 Å². The molecule has 0 spiro atoms. The predicted molar refractivity (Wildman–Crippen MR) is 111 cm³/mol. The molecule has 1 aliphatic heterocycles. The molecule has 29 heavy (non-hydrogen) atoms. The molecule has 162 valence electrons. The third-order valence-electron chi connectivity index (χ3n) is 5.32.